The molecule has 0 spiro atoms. The molecule has 2 aromatic rings. The molecule has 0 nitrogen and oxygen atoms in total. The maximum atomic E-state index is 6.52. The van der Waals surface area contributed by atoms with E-state index in [0.29, 0.717) is 5.92 Å². The molecule has 0 amide bonds. The summed E-state index contributed by atoms with van der Waals surface area (Å²) in [6.45, 7) is -0.0789. The van der Waals surface area contributed by atoms with E-state index >= 15 is 0 Å². The van der Waals surface area contributed by atoms with E-state index in [-0.39, 0.29) is 0 Å². The van der Waals surface area contributed by atoms with Gasteiger partial charge in [-0.3, -0.25) is 0 Å². The minimum absolute atomic E-state index is 0.295. The second-order valence-corrected chi connectivity index (χ2v) is 12.5. The van der Waals surface area contributed by atoms with Crippen LogP contribution in [0.25, 0.3) is 0 Å². The van der Waals surface area contributed by atoms with Gasteiger partial charge in [0.2, 0.25) is 0 Å². The first-order chi connectivity index (χ1) is 9.12. The van der Waals surface area contributed by atoms with Crippen LogP contribution >= 0.6 is 22.2 Å². The van der Waals surface area contributed by atoms with Crippen molar-refractivity contribution in [1.29, 1.82) is 0 Å². The van der Waals surface area contributed by atoms with E-state index < -0.39 is 6.69 Å². The fourth-order valence-electron chi connectivity index (χ4n) is 2.24. The number of hydrogen-bond acceptors (Lipinski definition) is 0. The maximum Gasteiger partial charge on any atom is 0.252 e. The van der Waals surface area contributed by atoms with Crippen LogP contribution in [-0.4, -0.2) is 6.69 Å². The lowest BCUT2D eigenvalue weighted by Crippen LogP contribution is -2.21. The zero-order valence-corrected chi connectivity index (χ0v) is 13.5. The summed E-state index contributed by atoms with van der Waals surface area (Å²) >= 11 is 13.0. The Morgan fingerprint density at radius 2 is 1.26 bits per heavy atom. The largest absolute Gasteiger partial charge is 0.252 e. The van der Waals surface area contributed by atoms with Gasteiger partial charge in [-0.1, -0.05) is 67.6 Å². The number of benzene rings is 2. The highest BCUT2D eigenvalue weighted by molar-refractivity contribution is 7.45. The molecule has 19 heavy (non-hydrogen) atoms. The minimum atomic E-state index is -2.16. The van der Waals surface area contributed by atoms with E-state index in [1.165, 1.54) is 11.1 Å². The molecular formula is C16H18Cl2Si. The van der Waals surface area contributed by atoms with Gasteiger partial charge in [0, 0.05) is 5.92 Å². The molecule has 0 aliphatic rings. The zero-order valence-electron chi connectivity index (χ0n) is 11.0. The molecule has 0 unspecified atom stereocenters. The van der Waals surface area contributed by atoms with Crippen molar-refractivity contribution < 1.29 is 0 Å². The summed E-state index contributed by atoms with van der Waals surface area (Å²) in [5.74, 6) is 0.295. The average Bonchev–Trinajstić information content (AvgIpc) is 2.47. The monoisotopic (exact) mass is 308 g/mol. The number of rotatable bonds is 5. The van der Waals surface area contributed by atoms with Gasteiger partial charge in [-0.05, 0) is 23.2 Å². The highest BCUT2D eigenvalue weighted by Gasteiger charge is 2.31. The van der Waals surface area contributed by atoms with Gasteiger partial charge in [-0.2, -0.15) is 0 Å². The molecule has 0 fully saturated rings. The molecule has 0 aliphatic carbocycles. The minimum Gasteiger partial charge on any atom is -0.146 e. The summed E-state index contributed by atoms with van der Waals surface area (Å²) < 4.78 is 0. The fraction of sp³-hybridized carbons (Fsp3) is 0.250. The third-order valence-corrected chi connectivity index (χ3v) is 7.99. The van der Waals surface area contributed by atoms with Crippen LogP contribution in [-0.2, 0) is 0 Å². The first-order valence-corrected chi connectivity index (χ1v) is 11.0. The van der Waals surface area contributed by atoms with Crippen molar-refractivity contribution in [2.75, 3.05) is 0 Å². The van der Waals surface area contributed by atoms with Gasteiger partial charge in [0.1, 0.15) is 0 Å². The summed E-state index contributed by atoms with van der Waals surface area (Å²) in [7, 11) is 0. The Bertz CT molecular complexity index is 457. The summed E-state index contributed by atoms with van der Waals surface area (Å²) in [6, 6.07) is 22.7. The number of halogens is 2. The van der Waals surface area contributed by atoms with Crippen LogP contribution in [0.15, 0.2) is 60.7 Å². The maximum absolute atomic E-state index is 6.52. The summed E-state index contributed by atoms with van der Waals surface area (Å²) in [5, 5.41) is 0. The smallest absolute Gasteiger partial charge is 0.146 e. The molecule has 0 saturated carbocycles. The summed E-state index contributed by atoms with van der Waals surface area (Å²) in [4.78, 5) is 0. The molecule has 0 N–H and O–H groups in total. The quantitative estimate of drug-likeness (QED) is 0.486. The van der Waals surface area contributed by atoms with Gasteiger partial charge in [0.15, 0.2) is 0 Å². The van der Waals surface area contributed by atoms with Gasteiger partial charge in [0.25, 0.3) is 6.69 Å². The van der Waals surface area contributed by atoms with Crippen molar-refractivity contribution in [3.05, 3.63) is 71.8 Å². The predicted molar refractivity (Wildman–Crippen MR) is 87.5 cm³/mol. The van der Waals surface area contributed by atoms with E-state index in [0.717, 1.165) is 12.1 Å². The molecule has 2 aromatic carbocycles. The molecule has 0 atom stereocenters. The molecule has 0 aromatic heterocycles. The van der Waals surface area contributed by atoms with Crippen LogP contribution in [0.2, 0.25) is 12.1 Å². The van der Waals surface area contributed by atoms with E-state index in [9.17, 15) is 0 Å². The van der Waals surface area contributed by atoms with E-state index in [1.54, 1.807) is 0 Å². The molecule has 0 aliphatic heterocycles. The van der Waals surface area contributed by atoms with Crippen molar-refractivity contribution in [2.24, 2.45) is 0 Å². The van der Waals surface area contributed by atoms with Crippen LogP contribution in [0.4, 0.5) is 0 Å². The van der Waals surface area contributed by atoms with Gasteiger partial charge >= 0.3 is 0 Å². The summed E-state index contributed by atoms with van der Waals surface area (Å²) in [5.41, 5.74) is 2.58. The zero-order chi connectivity index (χ0) is 13.7. The molecular weight excluding hydrogens is 291 g/mol. The Morgan fingerprint density at radius 1 is 0.842 bits per heavy atom. The first-order valence-electron chi connectivity index (χ1n) is 6.60. The molecule has 0 bridgehead atoms. The van der Waals surface area contributed by atoms with Crippen LogP contribution < -0.4 is 0 Å². The van der Waals surface area contributed by atoms with Gasteiger partial charge in [-0.15, -0.1) is 22.2 Å². The van der Waals surface area contributed by atoms with Crippen molar-refractivity contribution in [3.63, 3.8) is 0 Å². The molecule has 3 heteroatoms. The molecule has 2 rings (SSSR count). The van der Waals surface area contributed by atoms with Crippen molar-refractivity contribution in [3.8, 4) is 0 Å². The van der Waals surface area contributed by atoms with E-state index in [2.05, 4.69) is 55.5 Å². The van der Waals surface area contributed by atoms with Crippen LogP contribution in [0.1, 0.15) is 24.0 Å². The average molecular weight is 309 g/mol. The van der Waals surface area contributed by atoms with Crippen LogP contribution in [0.5, 0.6) is 0 Å². The van der Waals surface area contributed by atoms with E-state index in [4.69, 9.17) is 22.2 Å². The molecule has 0 saturated heterocycles. The third-order valence-electron chi connectivity index (χ3n) is 3.42. The second kappa shape index (κ2) is 6.60. The fourth-order valence-corrected chi connectivity index (χ4v) is 4.53. The Balaban J connectivity index is 2.35. The second-order valence-electron chi connectivity index (χ2n) is 4.79. The van der Waals surface area contributed by atoms with Gasteiger partial charge in [0.05, 0.1) is 0 Å². The normalized spacial score (nSPS) is 11.8. The Labute approximate surface area is 125 Å². The van der Waals surface area contributed by atoms with Crippen LogP contribution in [0.3, 0.4) is 0 Å². The standard InChI is InChI=1S/C16H18Cl2Si/c1-2-19(17,18)13-16(14-9-5-3-6-10-14)15-11-7-4-8-12-15/h3-12,16H,2,13H2,1H3. The SMILES string of the molecule is CC[Si](Cl)(Cl)CC(c1ccccc1)c1ccccc1. The lowest BCUT2D eigenvalue weighted by Gasteiger charge is -2.24. The van der Waals surface area contributed by atoms with Crippen molar-refractivity contribution in [1.82, 2.24) is 0 Å². The van der Waals surface area contributed by atoms with Gasteiger partial charge < -0.3 is 0 Å². The first kappa shape index (κ1) is 14.6. The predicted octanol–water partition coefficient (Wildman–Crippen LogP) is 5.76. The van der Waals surface area contributed by atoms with E-state index in [1.807, 2.05) is 12.1 Å². The highest BCUT2D eigenvalue weighted by atomic mass is 35.7. The third kappa shape index (κ3) is 4.10. The van der Waals surface area contributed by atoms with Crippen LogP contribution in [0, 0.1) is 0 Å². The molecule has 0 heterocycles. The Hall–Kier alpha value is -0.763. The molecule has 0 radical (unpaired) electrons. The highest BCUT2D eigenvalue weighted by Crippen LogP contribution is 2.38. The topological polar surface area (TPSA) is 0 Å². The Kier molecular flexibility index (Phi) is 5.09. The lowest BCUT2D eigenvalue weighted by molar-refractivity contribution is 0.905. The lowest BCUT2D eigenvalue weighted by atomic mass is 9.93. The van der Waals surface area contributed by atoms with Crippen molar-refractivity contribution in [2.45, 2.75) is 24.9 Å². The summed E-state index contributed by atoms with van der Waals surface area (Å²) in [6.07, 6.45) is 0. The number of hydrogen-bond donors (Lipinski definition) is 0. The molecule has 100 valence electrons. The van der Waals surface area contributed by atoms with Crippen molar-refractivity contribution >= 4 is 28.9 Å². The Morgan fingerprint density at radius 3 is 1.63 bits per heavy atom. The van der Waals surface area contributed by atoms with Gasteiger partial charge in [-0.25, -0.2) is 0 Å².